The molecule has 100 valence electrons. The Balaban J connectivity index is 1.98. The van der Waals surface area contributed by atoms with Crippen LogP contribution in [0.5, 0.6) is 0 Å². The lowest BCUT2D eigenvalue weighted by molar-refractivity contribution is 0.0754. The number of ether oxygens (including phenoxy) is 1. The molecule has 1 heterocycles. The quantitative estimate of drug-likeness (QED) is 0.812. The van der Waals surface area contributed by atoms with E-state index in [0.29, 0.717) is 18.1 Å². The van der Waals surface area contributed by atoms with Crippen molar-refractivity contribution in [2.75, 3.05) is 27.3 Å². The fourth-order valence-corrected chi connectivity index (χ4v) is 3.50. The normalized spacial score (nSPS) is 38.8. The van der Waals surface area contributed by atoms with Crippen LogP contribution in [0.2, 0.25) is 0 Å². The van der Waals surface area contributed by atoms with Crippen LogP contribution in [0.25, 0.3) is 0 Å². The summed E-state index contributed by atoms with van der Waals surface area (Å²) in [6, 6.07) is 2.01. The largest absolute Gasteiger partial charge is 0.380 e. The van der Waals surface area contributed by atoms with E-state index in [1.807, 2.05) is 0 Å². The van der Waals surface area contributed by atoms with Gasteiger partial charge in [-0.2, -0.15) is 0 Å². The topological polar surface area (TPSA) is 24.5 Å². The highest BCUT2D eigenvalue weighted by atomic mass is 16.5. The molecule has 0 spiro atoms. The zero-order valence-electron chi connectivity index (χ0n) is 11.6. The lowest BCUT2D eigenvalue weighted by Crippen LogP contribution is -2.54. The third kappa shape index (κ3) is 3.01. The first-order valence-electron chi connectivity index (χ1n) is 7.23. The zero-order chi connectivity index (χ0) is 12.3. The van der Waals surface area contributed by atoms with E-state index in [2.05, 4.69) is 31.2 Å². The average molecular weight is 240 g/mol. The van der Waals surface area contributed by atoms with Gasteiger partial charge in [-0.05, 0) is 45.7 Å². The Morgan fingerprint density at radius 3 is 2.71 bits per heavy atom. The van der Waals surface area contributed by atoms with Crippen molar-refractivity contribution in [3.8, 4) is 0 Å². The molecule has 0 amide bonds. The van der Waals surface area contributed by atoms with Crippen molar-refractivity contribution in [3.05, 3.63) is 0 Å². The molecule has 1 aliphatic heterocycles. The van der Waals surface area contributed by atoms with Crippen LogP contribution in [0.1, 0.15) is 39.0 Å². The van der Waals surface area contributed by atoms with E-state index >= 15 is 0 Å². The van der Waals surface area contributed by atoms with Gasteiger partial charge in [-0.3, -0.25) is 4.90 Å². The third-order valence-corrected chi connectivity index (χ3v) is 4.88. The molecule has 1 saturated carbocycles. The van der Waals surface area contributed by atoms with Gasteiger partial charge in [0.2, 0.25) is 0 Å². The summed E-state index contributed by atoms with van der Waals surface area (Å²) in [5.41, 5.74) is 0. The maximum absolute atomic E-state index is 5.53. The first-order valence-corrected chi connectivity index (χ1v) is 7.23. The van der Waals surface area contributed by atoms with E-state index < -0.39 is 0 Å². The Bertz CT molecular complexity index is 228. The van der Waals surface area contributed by atoms with Crippen molar-refractivity contribution in [1.82, 2.24) is 10.2 Å². The summed E-state index contributed by atoms with van der Waals surface area (Å²) in [4.78, 5) is 2.59. The number of hydrogen-bond acceptors (Lipinski definition) is 3. The molecule has 17 heavy (non-hydrogen) atoms. The Hall–Kier alpha value is -0.120. The first kappa shape index (κ1) is 13.3. The van der Waals surface area contributed by atoms with Crippen LogP contribution in [0.3, 0.4) is 0 Å². The number of nitrogens with one attached hydrogen (secondary N) is 1. The highest BCUT2D eigenvalue weighted by Gasteiger charge is 2.35. The third-order valence-electron chi connectivity index (χ3n) is 4.88. The second-order valence-electron chi connectivity index (χ2n) is 5.73. The van der Waals surface area contributed by atoms with Crippen LogP contribution < -0.4 is 5.32 Å². The summed E-state index contributed by atoms with van der Waals surface area (Å²) < 4.78 is 5.53. The minimum absolute atomic E-state index is 0.645. The molecular weight excluding hydrogens is 212 g/mol. The lowest BCUT2D eigenvalue weighted by Gasteiger charge is -2.43. The monoisotopic (exact) mass is 240 g/mol. The van der Waals surface area contributed by atoms with E-state index in [-0.39, 0.29) is 0 Å². The molecule has 4 atom stereocenters. The molecule has 0 aromatic heterocycles. The molecule has 0 aromatic rings. The van der Waals surface area contributed by atoms with Gasteiger partial charge in [-0.25, -0.2) is 0 Å². The number of rotatable bonds is 4. The van der Waals surface area contributed by atoms with Crippen LogP contribution in [0.4, 0.5) is 0 Å². The van der Waals surface area contributed by atoms with Crippen molar-refractivity contribution in [2.24, 2.45) is 5.92 Å². The van der Waals surface area contributed by atoms with Crippen molar-refractivity contribution in [3.63, 3.8) is 0 Å². The molecular formula is C14H28N2O. The van der Waals surface area contributed by atoms with Gasteiger partial charge in [0.25, 0.3) is 0 Å². The number of likely N-dealkylation sites (N-methyl/N-ethyl adjacent to an activating group) is 2. The van der Waals surface area contributed by atoms with Crippen LogP contribution in [0.15, 0.2) is 0 Å². The van der Waals surface area contributed by atoms with Gasteiger partial charge in [0.15, 0.2) is 0 Å². The van der Waals surface area contributed by atoms with Gasteiger partial charge in [0, 0.05) is 24.7 Å². The molecule has 0 aromatic carbocycles. The molecule has 3 nitrogen and oxygen atoms in total. The van der Waals surface area contributed by atoms with Gasteiger partial charge >= 0.3 is 0 Å². The average Bonchev–Trinajstić information content (AvgIpc) is 2.91. The van der Waals surface area contributed by atoms with Gasteiger partial charge in [-0.15, -0.1) is 0 Å². The fraction of sp³-hybridized carbons (Fsp3) is 1.00. The molecule has 3 heteroatoms. The Morgan fingerprint density at radius 1 is 1.29 bits per heavy atom. The Labute approximate surface area is 106 Å². The maximum Gasteiger partial charge on any atom is 0.0622 e. The van der Waals surface area contributed by atoms with Gasteiger partial charge in [0.1, 0.15) is 0 Å². The molecule has 1 saturated heterocycles. The Kier molecular flexibility index (Phi) is 4.83. The smallest absolute Gasteiger partial charge is 0.0622 e. The first-order chi connectivity index (χ1) is 8.26. The molecule has 0 radical (unpaired) electrons. The highest BCUT2D eigenvalue weighted by molar-refractivity contribution is 4.92. The predicted molar refractivity (Wildman–Crippen MR) is 71.3 cm³/mol. The molecule has 0 bridgehead atoms. The van der Waals surface area contributed by atoms with E-state index in [0.717, 1.165) is 19.1 Å². The van der Waals surface area contributed by atoms with Crippen molar-refractivity contribution < 1.29 is 4.74 Å². The second-order valence-corrected chi connectivity index (χ2v) is 5.73. The number of hydrogen-bond donors (Lipinski definition) is 1. The Morgan fingerprint density at radius 2 is 2.12 bits per heavy atom. The van der Waals surface area contributed by atoms with Gasteiger partial charge < -0.3 is 10.1 Å². The van der Waals surface area contributed by atoms with Crippen LogP contribution in [0, 0.1) is 5.92 Å². The van der Waals surface area contributed by atoms with Crippen molar-refractivity contribution >= 4 is 0 Å². The summed E-state index contributed by atoms with van der Waals surface area (Å²) in [7, 11) is 4.41. The minimum atomic E-state index is 0.645. The number of nitrogens with zero attached hydrogens (tertiary/aromatic N) is 1. The standard InChI is InChI=1S/C14H28N2O/c1-4-11-5-6-13(15-2)14(9-11)16(3)12-7-8-17-10-12/h11-15H,4-10H2,1-3H3. The summed E-state index contributed by atoms with van der Waals surface area (Å²) in [6.07, 6.45) is 6.63. The van der Waals surface area contributed by atoms with E-state index in [9.17, 15) is 0 Å². The van der Waals surface area contributed by atoms with E-state index in [1.54, 1.807) is 0 Å². The van der Waals surface area contributed by atoms with Crippen LogP contribution >= 0.6 is 0 Å². The SMILES string of the molecule is CCC1CCC(NC)C(N(C)C2CCOC2)C1. The fourth-order valence-electron chi connectivity index (χ4n) is 3.50. The van der Waals surface area contributed by atoms with E-state index in [4.69, 9.17) is 4.74 Å². The molecule has 2 fully saturated rings. The molecule has 2 rings (SSSR count). The molecule has 2 aliphatic rings. The zero-order valence-corrected chi connectivity index (χ0v) is 11.6. The van der Waals surface area contributed by atoms with E-state index in [1.165, 1.54) is 32.1 Å². The van der Waals surface area contributed by atoms with Crippen molar-refractivity contribution in [1.29, 1.82) is 0 Å². The second kappa shape index (κ2) is 6.17. The summed E-state index contributed by atoms with van der Waals surface area (Å²) in [6.45, 7) is 4.21. The lowest BCUT2D eigenvalue weighted by atomic mass is 9.80. The minimum Gasteiger partial charge on any atom is -0.380 e. The molecule has 1 aliphatic carbocycles. The van der Waals surface area contributed by atoms with Gasteiger partial charge in [-0.1, -0.05) is 13.3 Å². The maximum atomic E-state index is 5.53. The summed E-state index contributed by atoms with van der Waals surface area (Å²) >= 11 is 0. The summed E-state index contributed by atoms with van der Waals surface area (Å²) in [5, 5.41) is 3.52. The van der Waals surface area contributed by atoms with Crippen molar-refractivity contribution in [2.45, 2.75) is 57.2 Å². The predicted octanol–water partition coefficient (Wildman–Crippen LogP) is 1.87. The summed E-state index contributed by atoms with van der Waals surface area (Å²) in [5.74, 6) is 0.925. The molecule has 4 unspecified atom stereocenters. The van der Waals surface area contributed by atoms with Crippen LogP contribution in [-0.4, -0.2) is 50.3 Å². The molecule has 1 N–H and O–H groups in total. The van der Waals surface area contributed by atoms with Gasteiger partial charge in [0.05, 0.1) is 6.61 Å². The highest BCUT2D eigenvalue weighted by Crippen LogP contribution is 2.31. The van der Waals surface area contributed by atoms with Crippen LogP contribution in [-0.2, 0) is 4.74 Å².